The van der Waals surface area contributed by atoms with Crippen LogP contribution in [-0.2, 0) is 28.6 Å². The van der Waals surface area contributed by atoms with Crippen LogP contribution in [0.15, 0.2) is 0 Å². The lowest BCUT2D eigenvalue weighted by Gasteiger charge is -2.18. The molecular weight excluding hydrogens is 745 g/mol. The average molecular weight is 849 g/mol. The molecule has 0 bridgehead atoms. The molecule has 0 saturated carbocycles. The Morgan fingerprint density at radius 1 is 0.267 bits per heavy atom. The molecular formula is C54H104O6. The van der Waals surface area contributed by atoms with Crippen molar-refractivity contribution in [1.29, 1.82) is 0 Å². The summed E-state index contributed by atoms with van der Waals surface area (Å²) < 4.78 is 16.8. The minimum absolute atomic E-state index is 0.0615. The zero-order chi connectivity index (χ0) is 43.7. The summed E-state index contributed by atoms with van der Waals surface area (Å²) >= 11 is 0. The Morgan fingerprint density at radius 3 is 0.667 bits per heavy atom. The monoisotopic (exact) mass is 849 g/mol. The molecule has 0 aliphatic rings. The van der Waals surface area contributed by atoms with Crippen molar-refractivity contribution in [1.82, 2.24) is 0 Å². The summed E-state index contributed by atoms with van der Waals surface area (Å²) in [5, 5.41) is 0. The van der Waals surface area contributed by atoms with Crippen molar-refractivity contribution >= 4 is 17.9 Å². The lowest BCUT2D eigenvalue weighted by molar-refractivity contribution is -0.167. The number of rotatable bonds is 50. The summed E-state index contributed by atoms with van der Waals surface area (Å²) in [5.41, 5.74) is 0. The fraction of sp³-hybridized carbons (Fsp3) is 0.944. The van der Waals surface area contributed by atoms with Crippen LogP contribution in [0.5, 0.6) is 0 Å². The predicted molar refractivity (Wildman–Crippen MR) is 257 cm³/mol. The molecule has 0 saturated heterocycles. The zero-order valence-corrected chi connectivity index (χ0v) is 40.8. The largest absolute Gasteiger partial charge is 0.462 e. The Balaban J connectivity index is 4.29. The third-order valence-corrected chi connectivity index (χ3v) is 12.4. The van der Waals surface area contributed by atoms with Gasteiger partial charge in [0.05, 0.1) is 0 Å². The first-order chi connectivity index (χ1) is 29.5. The molecule has 0 aromatic rings. The average Bonchev–Trinajstić information content (AvgIpc) is 3.24. The maximum atomic E-state index is 12.8. The van der Waals surface area contributed by atoms with Gasteiger partial charge in [0.2, 0.25) is 0 Å². The molecule has 0 amide bonds. The lowest BCUT2D eigenvalue weighted by Crippen LogP contribution is -2.30. The van der Waals surface area contributed by atoms with Gasteiger partial charge in [-0.3, -0.25) is 14.4 Å². The summed E-state index contributed by atoms with van der Waals surface area (Å²) in [4.78, 5) is 38.0. The van der Waals surface area contributed by atoms with Crippen LogP contribution in [0.25, 0.3) is 0 Å². The van der Waals surface area contributed by atoms with Gasteiger partial charge in [0.25, 0.3) is 0 Å². The van der Waals surface area contributed by atoms with E-state index in [2.05, 4.69) is 20.8 Å². The van der Waals surface area contributed by atoms with Crippen molar-refractivity contribution in [3.63, 3.8) is 0 Å². The van der Waals surface area contributed by atoms with E-state index < -0.39 is 6.10 Å². The van der Waals surface area contributed by atoms with Crippen LogP contribution in [0.1, 0.15) is 310 Å². The Labute approximate surface area is 374 Å². The minimum atomic E-state index is -0.759. The third kappa shape index (κ3) is 47.5. The lowest BCUT2D eigenvalue weighted by atomic mass is 10.0. The third-order valence-electron chi connectivity index (χ3n) is 12.4. The molecule has 1 atom stereocenters. The van der Waals surface area contributed by atoms with Gasteiger partial charge >= 0.3 is 17.9 Å². The summed E-state index contributed by atoms with van der Waals surface area (Å²) in [6.45, 7) is 6.69. The summed E-state index contributed by atoms with van der Waals surface area (Å²) in [7, 11) is 0. The number of unbranched alkanes of at least 4 members (excludes halogenated alkanes) is 39. The van der Waals surface area contributed by atoms with Gasteiger partial charge in [-0.05, 0) is 19.3 Å². The van der Waals surface area contributed by atoms with Gasteiger partial charge in [0.1, 0.15) is 13.2 Å². The Bertz CT molecular complexity index is 889. The van der Waals surface area contributed by atoms with Crippen molar-refractivity contribution in [2.24, 2.45) is 0 Å². The van der Waals surface area contributed by atoms with Crippen LogP contribution < -0.4 is 0 Å². The summed E-state index contributed by atoms with van der Waals surface area (Å²) in [6.07, 6.45) is 53.7. The van der Waals surface area contributed by atoms with E-state index in [0.717, 1.165) is 57.8 Å². The molecule has 6 heteroatoms. The van der Waals surface area contributed by atoms with Gasteiger partial charge in [-0.15, -0.1) is 0 Å². The second-order valence-electron chi connectivity index (χ2n) is 18.5. The minimum Gasteiger partial charge on any atom is -0.462 e. The predicted octanol–water partition coefficient (Wildman–Crippen LogP) is 17.6. The van der Waals surface area contributed by atoms with E-state index in [0.29, 0.717) is 19.3 Å². The Kier molecular flexibility index (Phi) is 48.7. The molecule has 0 heterocycles. The van der Waals surface area contributed by atoms with E-state index in [1.54, 1.807) is 0 Å². The maximum absolute atomic E-state index is 12.8. The second-order valence-corrected chi connectivity index (χ2v) is 18.5. The van der Waals surface area contributed by atoms with Crippen LogP contribution in [0.3, 0.4) is 0 Å². The normalized spacial score (nSPS) is 11.8. The number of esters is 3. The van der Waals surface area contributed by atoms with Gasteiger partial charge in [-0.25, -0.2) is 0 Å². The van der Waals surface area contributed by atoms with E-state index in [-0.39, 0.29) is 31.1 Å². The van der Waals surface area contributed by atoms with E-state index in [1.807, 2.05) is 0 Å². The highest BCUT2D eigenvalue weighted by Gasteiger charge is 2.19. The second kappa shape index (κ2) is 50.1. The van der Waals surface area contributed by atoms with Crippen molar-refractivity contribution in [3.8, 4) is 0 Å². The summed E-state index contributed by atoms with van der Waals surface area (Å²) in [5.74, 6) is -0.837. The molecule has 0 fully saturated rings. The SMILES string of the molecule is CCCCCCCCCCCCCCCCCCC(=O)O[C@H](COC(=O)CCCCCCCCCCCCCC)COC(=O)CCCCCCCCCCCCCCCC. The fourth-order valence-corrected chi connectivity index (χ4v) is 8.27. The highest BCUT2D eigenvalue weighted by atomic mass is 16.6. The first-order valence-electron chi connectivity index (χ1n) is 27.0. The van der Waals surface area contributed by atoms with Crippen LogP contribution in [0.4, 0.5) is 0 Å². The van der Waals surface area contributed by atoms with Gasteiger partial charge in [0.15, 0.2) is 6.10 Å². The first kappa shape index (κ1) is 58.4. The van der Waals surface area contributed by atoms with E-state index in [9.17, 15) is 14.4 Å². The molecule has 0 aliphatic heterocycles. The van der Waals surface area contributed by atoms with Crippen LogP contribution in [-0.4, -0.2) is 37.2 Å². The standard InChI is InChI=1S/C54H104O6/c1-4-7-10-13-16-19-22-25-27-28-30-33-36-39-42-45-48-54(57)60-51(49-58-52(55)46-43-40-37-34-31-24-21-18-15-12-9-6-3)50-59-53(56)47-44-41-38-35-32-29-26-23-20-17-14-11-8-5-2/h51H,4-50H2,1-3H3/t51-/m1/s1. The van der Waals surface area contributed by atoms with Crippen LogP contribution in [0.2, 0.25) is 0 Å². The molecule has 0 spiro atoms. The molecule has 6 nitrogen and oxygen atoms in total. The molecule has 0 radical (unpaired) electrons. The maximum Gasteiger partial charge on any atom is 0.306 e. The topological polar surface area (TPSA) is 78.9 Å². The van der Waals surface area contributed by atoms with E-state index >= 15 is 0 Å². The van der Waals surface area contributed by atoms with E-state index in [1.165, 1.54) is 212 Å². The van der Waals surface area contributed by atoms with Gasteiger partial charge in [-0.1, -0.05) is 271 Å². The van der Waals surface area contributed by atoms with Crippen molar-refractivity contribution in [3.05, 3.63) is 0 Å². The van der Waals surface area contributed by atoms with Crippen LogP contribution >= 0.6 is 0 Å². The quantitative estimate of drug-likeness (QED) is 0.0345. The number of hydrogen-bond acceptors (Lipinski definition) is 6. The summed E-state index contributed by atoms with van der Waals surface area (Å²) in [6, 6.07) is 0. The Hall–Kier alpha value is -1.59. The number of ether oxygens (including phenoxy) is 3. The zero-order valence-electron chi connectivity index (χ0n) is 40.8. The van der Waals surface area contributed by atoms with Crippen LogP contribution in [0, 0.1) is 0 Å². The molecule has 0 aromatic heterocycles. The van der Waals surface area contributed by atoms with Crippen molar-refractivity contribution in [2.75, 3.05) is 13.2 Å². The molecule has 356 valence electrons. The van der Waals surface area contributed by atoms with Gasteiger partial charge < -0.3 is 14.2 Å². The number of carbonyl (C=O) groups is 3. The fourth-order valence-electron chi connectivity index (χ4n) is 8.27. The number of carbonyl (C=O) groups excluding carboxylic acids is 3. The molecule has 0 unspecified atom stereocenters. The molecule has 0 aromatic carbocycles. The highest BCUT2D eigenvalue weighted by Crippen LogP contribution is 2.17. The van der Waals surface area contributed by atoms with Gasteiger partial charge in [0, 0.05) is 19.3 Å². The first-order valence-corrected chi connectivity index (χ1v) is 27.0. The van der Waals surface area contributed by atoms with Gasteiger partial charge in [-0.2, -0.15) is 0 Å². The number of hydrogen-bond donors (Lipinski definition) is 0. The molecule has 60 heavy (non-hydrogen) atoms. The highest BCUT2D eigenvalue weighted by molar-refractivity contribution is 5.71. The molecule has 0 rings (SSSR count). The van der Waals surface area contributed by atoms with Crippen molar-refractivity contribution in [2.45, 2.75) is 316 Å². The smallest absolute Gasteiger partial charge is 0.306 e. The van der Waals surface area contributed by atoms with E-state index in [4.69, 9.17) is 14.2 Å². The molecule has 0 aliphatic carbocycles. The Morgan fingerprint density at radius 2 is 0.450 bits per heavy atom. The molecule has 0 N–H and O–H groups in total. The van der Waals surface area contributed by atoms with Crippen molar-refractivity contribution < 1.29 is 28.6 Å².